The molecule has 0 bridgehead atoms. The number of hydrogen-bond acceptors (Lipinski definition) is 2. The fourth-order valence-corrected chi connectivity index (χ4v) is 1.51. The number of aliphatic carboxylic acids is 1. The summed E-state index contributed by atoms with van der Waals surface area (Å²) in [5.41, 5.74) is -0.685. The van der Waals surface area contributed by atoms with E-state index in [0.29, 0.717) is 0 Å². The van der Waals surface area contributed by atoms with Crippen molar-refractivity contribution in [3.63, 3.8) is 0 Å². The number of carbonyl (C=O) groups excluding carboxylic acids is 1. The molecule has 110 valence electrons. The van der Waals surface area contributed by atoms with E-state index in [4.69, 9.17) is 5.11 Å². The Labute approximate surface area is 115 Å². The third-order valence-corrected chi connectivity index (χ3v) is 2.52. The van der Waals surface area contributed by atoms with E-state index in [0.717, 1.165) is 17.0 Å². The summed E-state index contributed by atoms with van der Waals surface area (Å²) in [4.78, 5) is 23.9. The van der Waals surface area contributed by atoms with Crippen LogP contribution in [0.15, 0.2) is 18.2 Å². The van der Waals surface area contributed by atoms with Gasteiger partial charge in [-0.3, -0.25) is 4.79 Å². The number of benzene rings is 1. The molecule has 5 nitrogen and oxygen atoms in total. The van der Waals surface area contributed by atoms with Gasteiger partial charge in [-0.15, -0.1) is 0 Å². The van der Waals surface area contributed by atoms with E-state index in [9.17, 15) is 18.4 Å². The van der Waals surface area contributed by atoms with E-state index >= 15 is 0 Å². The molecule has 7 heteroatoms. The molecule has 0 unspecified atom stereocenters. The van der Waals surface area contributed by atoms with Crippen LogP contribution < -0.4 is 5.32 Å². The minimum Gasteiger partial charge on any atom is -0.480 e. The van der Waals surface area contributed by atoms with Gasteiger partial charge in [0.2, 0.25) is 0 Å². The van der Waals surface area contributed by atoms with Crippen LogP contribution >= 0.6 is 0 Å². The quantitative estimate of drug-likeness (QED) is 0.897. The maximum Gasteiger partial charge on any atom is 0.323 e. The molecular weight excluding hydrogens is 270 g/mol. The molecular formula is C13H16F2N2O3. The van der Waals surface area contributed by atoms with Crippen molar-refractivity contribution in [2.45, 2.75) is 26.3 Å². The molecule has 20 heavy (non-hydrogen) atoms. The van der Waals surface area contributed by atoms with E-state index < -0.39 is 35.7 Å². The Hall–Kier alpha value is -2.18. The van der Waals surface area contributed by atoms with Gasteiger partial charge in [-0.05, 0) is 32.9 Å². The molecule has 0 saturated carbocycles. The van der Waals surface area contributed by atoms with Crippen LogP contribution in [0.25, 0.3) is 0 Å². The molecule has 0 aliphatic carbocycles. The third kappa shape index (κ3) is 4.18. The highest BCUT2D eigenvalue weighted by atomic mass is 19.2. The summed E-state index contributed by atoms with van der Waals surface area (Å²) in [6, 6.07) is 2.20. The van der Waals surface area contributed by atoms with E-state index in [1.807, 2.05) is 0 Å². The van der Waals surface area contributed by atoms with Crippen LogP contribution in [0.4, 0.5) is 19.3 Å². The minimum atomic E-state index is -1.17. The average molecular weight is 286 g/mol. The smallest absolute Gasteiger partial charge is 0.323 e. The van der Waals surface area contributed by atoms with E-state index in [1.54, 1.807) is 20.8 Å². The van der Waals surface area contributed by atoms with E-state index in [-0.39, 0.29) is 5.69 Å². The Morgan fingerprint density at radius 1 is 1.25 bits per heavy atom. The lowest BCUT2D eigenvalue weighted by Gasteiger charge is -2.34. The third-order valence-electron chi connectivity index (χ3n) is 2.52. The first-order valence-corrected chi connectivity index (χ1v) is 5.86. The highest BCUT2D eigenvalue weighted by molar-refractivity contribution is 5.91. The highest BCUT2D eigenvalue weighted by Crippen LogP contribution is 2.17. The first kappa shape index (κ1) is 15.9. The molecule has 0 spiro atoms. The van der Waals surface area contributed by atoms with Crippen LogP contribution in [0.1, 0.15) is 20.8 Å². The zero-order valence-corrected chi connectivity index (χ0v) is 11.4. The predicted octanol–water partition coefficient (Wildman–Crippen LogP) is 2.68. The summed E-state index contributed by atoms with van der Waals surface area (Å²) in [5.74, 6) is -3.29. The maximum absolute atomic E-state index is 13.0. The van der Waals surface area contributed by atoms with E-state index in [2.05, 4.69) is 5.32 Å². The summed E-state index contributed by atoms with van der Waals surface area (Å²) < 4.78 is 25.8. The van der Waals surface area contributed by atoms with Gasteiger partial charge in [0.05, 0.1) is 0 Å². The molecule has 0 radical (unpaired) electrons. The number of anilines is 1. The lowest BCUT2D eigenvalue weighted by molar-refractivity contribution is -0.138. The van der Waals surface area contributed by atoms with E-state index in [1.165, 1.54) is 6.07 Å². The predicted molar refractivity (Wildman–Crippen MR) is 69.5 cm³/mol. The molecule has 0 fully saturated rings. The second-order valence-corrected chi connectivity index (χ2v) is 5.21. The molecule has 1 rings (SSSR count). The number of carbonyl (C=O) groups is 2. The molecule has 0 aliphatic rings. The van der Waals surface area contributed by atoms with Gasteiger partial charge in [0.25, 0.3) is 0 Å². The number of nitrogens with zero attached hydrogens (tertiary/aromatic N) is 1. The molecule has 1 aromatic rings. The SMILES string of the molecule is CC(C)(C)N(CC(=O)O)C(=O)Nc1ccc(F)c(F)c1. The van der Waals surface area contributed by atoms with Crippen LogP contribution in [-0.4, -0.2) is 34.1 Å². The summed E-state index contributed by atoms with van der Waals surface area (Å²) in [6.45, 7) is 4.50. The Morgan fingerprint density at radius 2 is 1.85 bits per heavy atom. The number of rotatable bonds is 3. The average Bonchev–Trinajstić information content (AvgIpc) is 2.29. The lowest BCUT2D eigenvalue weighted by atomic mass is 10.1. The molecule has 1 aromatic carbocycles. The van der Waals surface area contributed by atoms with Crippen molar-refractivity contribution in [2.75, 3.05) is 11.9 Å². The first-order chi connectivity index (χ1) is 9.11. The normalized spacial score (nSPS) is 11.1. The zero-order valence-electron chi connectivity index (χ0n) is 11.4. The van der Waals surface area contributed by atoms with Crippen LogP contribution in [-0.2, 0) is 4.79 Å². The lowest BCUT2D eigenvalue weighted by Crippen LogP contribution is -2.50. The largest absolute Gasteiger partial charge is 0.480 e. The van der Waals surface area contributed by atoms with Gasteiger partial charge in [0.15, 0.2) is 11.6 Å². The van der Waals surface area contributed by atoms with Crippen molar-refractivity contribution in [1.29, 1.82) is 0 Å². The molecule has 0 aliphatic heterocycles. The number of carboxylic acids is 1. The second-order valence-electron chi connectivity index (χ2n) is 5.21. The fourth-order valence-electron chi connectivity index (χ4n) is 1.51. The van der Waals surface area contributed by atoms with Crippen LogP contribution in [0.5, 0.6) is 0 Å². The van der Waals surface area contributed by atoms with Gasteiger partial charge in [-0.2, -0.15) is 0 Å². The van der Waals surface area contributed by atoms with Gasteiger partial charge in [0, 0.05) is 17.3 Å². The monoisotopic (exact) mass is 286 g/mol. The number of hydrogen-bond donors (Lipinski definition) is 2. The summed E-state index contributed by atoms with van der Waals surface area (Å²) in [6.07, 6.45) is 0. The highest BCUT2D eigenvalue weighted by Gasteiger charge is 2.28. The topological polar surface area (TPSA) is 69.6 Å². The number of nitrogens with one attached hydrogen (secondary N) is 1. The molecule has 0 aromatic heterocycles. The minimum absolute atomic E-state index is 0.0496. The van der Waals surface area contributed by atoms with Crippen molar-refractivity contribution >= 4 is 17.7 Å². The Kier molecular flexibility index (Phi) is 4.65. The summed E-state index contributed by atoms with van der Waals surface area (Å²) in [7, 11) is 0. The molecule has 0 heterocycles. The second kappa shape index (κ2) is 5.85. The standard InChI is InChI=1S/C13H16F2N2O3/c1-13(2,3)17(7-11(18)19)12(20)16-8-4-5-9(14)10(15)6-8/h4-6H,7H2,1-3H3,(H,16,20)(H,18,19). The Balaban J connectivity index is 2.90. The van der Waals surface area contributed by atoms with Crippen molar-refractivity contribution in [3.05, 3.63) is 29.8 Å². The summed E-state index contributed by atoms with van der Waals surface area (Å²) in [5, 5.41) is 11.2. The maximum atomic E-state index is 13.0. The van der Waals surface area contributed by atoms with Crippen LogP contribution in [0.2, 0.25) is 0 Å². The Bertz CT molecular complexity index is 527. The summed E-state index contributed by atoms with van der Waals surface area (Å²) >= 11 is 0. The van der Waals surface area contributed by atoms with Gasteiger partial charge < -0.3 is 15.3 Å². The first-order valence-electron chi connectivity index (χ1n) is 5.86. The zero-order chi connectivity index (χ0) is 15.5. The van der Waals surface area contributed by atoms with Gasteiger partial charge in [-0.25, -0.2) is 13.6 Å². The number of carboxylic acid groups (broad SMARTS) is 1. The van der Waals surface area contributed by atoms with Crippen LogP contribution in [0, 0.1) is 11.6 Å². The molecule has 0 saturated heterocycles. The number of urea groups is 1. The number of halogens is 2. The molecule has 2 N–H and O–H groups in total. The van der Waals surface area contributed by atoms with Gasteiger partial charge in [-0.1, -0.05) is 0 Å². The Morgan fingerprint density at radius 3 is 2.30 bits per heavy atom. The van der Waals surface area contributed by atoms with Crippen LogP contribution in [0.3, 0.4) is 0 Å². The van der Waals surface area contributed by atoms with Gasteiger partial charge in [0.1, 0.15) is 6.54 Å². The van der Waals surface area contributed by atoms with Crippen molar-refractivity contribution in [1.82, 2.24) is 4.90 Å². The van der Waals surface area contributed by atoms with Crippen molar-refractivity contribution in [2.24, 2.45) is 0 Å². The fraction of sp³-hybridized carbons (Fsp3) is 0.385. The van der Waals surface area contributed by atoms with Crippen molar-refractivity contribution < 1.29 is 23.5 Å². The van der Waals surface area contributed by atoms with Gasteiger partial charge >= 0.3 is 12.0 Å². The van der Waals surface area contributed by atoms with Crippen molar-refractivity contribution in [3.8, 4) is 0 Å². The molecule has 0 atom stereocenters. The number of amides is 2. The molecule has 2 amide bonds.